The first kappa shape index (κ1) is 21.0. The summed E-state index contributed by atoms with van der Waals surface area (Å²) in [6, 6.07) is 18.4. The van der Waals surface area contributed by atoms with Gasteiger partial charge in [-0.05, 0) is 50.5 Å². The first-order valence-corrected chi connectivity index (χ1v) is 10.6. The molecule has 2 aromatic carbocycles. The lowest BCUT2D eigenvalue weighted by molar-refractivity contribution is -0.119. The molecule has 150 valence electrons. The SMILES string of the molecule is Cc1cc(SCC(=O)N[C@H](C)CCc2ccccc2)nc(-c2cccc(F)c2)n1. The van der Waals surface area contributed by atoms with Crippen LogP contribution in [0.5, 0.6) is 0 Å². The predicted molar refractivity (Wildman–Crippen MR) is 115 cm³/mol. The second-order valence-corrected chi connectivity index (χ2v) is 7.96. The number of aromatic nitrogens is 2. The molecule has 0 fully saturated rings. The average Bonchev–Trinajstić information content (AvgIpc) is 2.71. The number of hydrogen-bond donors (Lipinski definition) is 1. The fraction of sp³-hybridized carbons (Fsp3) is 0.261. The van der Waals surface area contributed by atoms with E-state index in [-0.39, 0.29) is 23.5 Å². The van der Waals surface area contributed by atoms with Gasteiger partial charge >= 0.3 is 0 Å². The van der Waals surface area contributed by atoms with E-state index in [9.17, 15) is 9.18 Å². The second-order valence-electron chi connectivity index (χ2n) is 6.96. The van der Waals surface area contributed by atoms with E-state index in [0.717, 1.165) is 18.5 Å². The predicted octanol–water partition coefficient (Wildman–Crippen LogP) is 4.82. The summed E-state index contributed by atoms with van der Waals surface area (Å²) < 4.78 is 13.5. The van der Waals surface area contributed by atoms with Crippen LogP contribution in [0.25, 0.3) is 11.4 Å². The van der Waals surface area contributed by atoms with Crippen LogP contribution in [0.2, 0.25) is 0 Å². The summed E-state index contributed by atoms with van der Waals surface area (Å²) >= 11 is 1.36. The van der Waals surface area contributed by atoms with Gasteiger partial charge in [0.15, 0.2) is 5.82 Å². The smallest absolute Gasteiger partial charge is 0.230 e. The highest BCUT2D eigenvalue weighted by Crippen LogP contribution is 2.22. The molecule has 1 N–H and O–H groups in total. The summed E-state index contributed by atoms with van der Waals surface area (Å²) in [6.07, 6.45) is 1.81. The Balaban J connectivity index is 1.53. The van der Waals surface area contributed by atoms with Crippen LogP contribution >= 0.6 is 11.8 Å². The molecule has 1 aromatic heterocycles. The molecule has 1 amide bonds. The topological polar surface area (TPSA) is 54.9 Å². The van der Waals surface area contributed by atoms with Crippen LogP contribution in [0.1, 0.15) is 24.6 Å². The Labute approximate surface area is 175 Å². The van der Waals surface area contributed by atoms with E-state index in [2.05, 4.69) is 27.4 Å². The number of halogens is 1. The van der Waals surface area contributed by atoms with E-state index < -0.39 is 0 Å². The second kappa shape index (κ2) is 10.2. The molecule has 0 saturated carbocycles. The van der Waals surface area contributed by atoms with Gasteiger partial charge in [0.1, 0.15) is 10.8 Å². The number of rotatable bonds is 8. The lowest BCUT2D eigenvalue weighted by Gasteiger charge is -2.14. The third kappa shape index (κ3) is 6.68. The number of aryl methyl sites for hydroxylation is 2. The van der Waals surface area contributed by atoms with Crippen LogP contribution in [0.3, 0.4) is 0 Å². The summed E-state index contributed by atoms with van der Waals surface area (Å²) in [6.45, 7) is 3.88. The minimum absolute atomic E-state index is 0.0286. The van der Waals surface area contributed by atoms with Crippen molar-refractivity contribution in [2.75, 3.05) is 5.75 Å². The molecule has 0 aliphatic carbocycles. The summed E-state index contributed by atoms with van der Waals surface area (Å²) in [5.41, 5.74) is 2.66. The van der Waals surface area contributed by atoms with Crippen molar-refractivity contribution in [3.05, 3.63) is 77.7 Å². The minimum atomic E-state index is -0.328. The van der Waals surface area contributed by atoms with Gasteiger partial charge in [-0.1, -0.05) is 54.2 Å². The van der Waals surface area contributed by atoms with Crippen molar-refractivity contribution < 1.29 is 9.18 Å². The molecule has 3 aromatic rings. The molecule has 0 aliphatic rings. The fourth-order valence-corrected chi connectivity index (χ4v) is 3.69. The number of hydrogen-bond acceptors (Lipinski definition) is 4. The normalized spacial score (nSPS) is 11.8. The van der Waals surface area contributed by atoms with Crippen molar-refractivity contribution in [2.24, 2.45) is 0 Å². The van der Waals surface area contributed by atoms with Crippen molar-refractivity contribution in [2.45, 2.75) is 37.8 Å². The Bertz CT molecular complexity index is 965. The lowest BCUT2D eigenvalue weighted by atomic mass is 10.1. The number of nitrogens with one attached hydrogen (secondary N) is 1. The zero-order valence-electron chi connectivity index (χ0n) is 16.6. The van der Waals surface area contributed by atoms with E-state index in [1.165, 1.54) is 29.5 Å². The van der Waals surface area contributed by atoms with Gasteiger partial charge in [-0.15, -0.1) is 0 Å². The first-order valence-electron chi connectivity index (χ1n) is 9.57. The zero-order chi connectivity index (χ0) is 20.6. The van der Waals surface area contributed by atoms with Gasteiger partial charge in [-0.2, -0.15) is 0 Å². The van der Waals surface area contributed by atoms with E-state index in [1.807, 2.05) is 38.1 Å². The number of nitrogens with zero attached hydrogens (tertiary/aromatic N) is 2. The van der Waals surface area contributed by atoms with Gasteiger partial charge in [-0.25, -0.2) is 14.4 Å². The number of thioether (sulfide) groups is 1. The summed E-state index contributed by atoms with van der Waals surface area (Å²) in [5, 5.41) is 3.73. The van der Waals surface area contributed by atoms with E-state index in [4.69, 9.17) is 0 Å². The third-order valence-electron chi connectivity index (χ3n) is 4.38. The molecule has 0 unspecified atom stereocenters. The molecular weight excluding hydrogens is 385 g/mol. The Morgan fingerprint density at radius 1 is 1.10 bits per heavy atom. The Morgan fingerprint density at radius 3 is 2.66 bits per heavy atom. The Hall–Kier alpha value is -2.73. The van der Waals surface area contributed by atoms with Crippen molar-refractivity contribution in [1.82, 2.24) is 15.3 Å². The Kier molecular flexibility index (Phi) is 7.36. The van der Waals surface area contributed by atoms with Crippen LogP contribution in [0.15, 0.2) is 65.7 Å². The van der Waals surface area contributed by atoms with Crippen LogP contribution in [-0.2, 0) is 11.2 Å². The van der Waals surface area contributed by atoms with Crippen LogP contribution in [0, 0.1) is 12.7 Å². The summed E-state index contributed by atoms with van der Waals surface area (Å²) in [4.78, 5) is 21.2. The standard InChI is InChI=1S/C23H24FN3OS/c1-16(11-12-18-7-4-3-5-8-18)25-21(28)15-29-22-13-17(2)26-23(27-22)19-9-6-10-20(24)14-19/h3-10,13-14,16H,11-12,15H2,1-2H3,(H,25,28)/t16-/m1/s1. The molecule has 0 spiro atoms. The maximum Gasteiger partial charge on any atom is 0.230 e. The minimum Gasteiger partial charge on any atom is -0.353 e. The molecule has 3 rings (SSSR count). The number of amides is 1. The largest absolute Gasteiger partial charge is 0.353 e. The van der Waals surface area contributed by atoms with Crippen LogP contribution < -0.4 is 5.32 Å². The van der Waals surface area contributed by atoms with E-state index in [1.54, 1.807) is 12.1 Å². The van der Waals surface area contributed by atoms with E-state index >= 15 is 0 Å². The highest BCUT2D eigenvalue weighted by molar-refractivity contribution is 7.99. The van der Waals surface area contributed by atoms with Crippen LogP contribution in [0.4, 0.5) is 4.39 Å². The average molecular weight is 410 g/mol. The molecule has 0 radical (unpaired) electrons. The quantitative estimate of drug-likeness (QED) is 0.428. The monoisotopic (exact) mass is 409 g/mol. The highest BCUT2D eigenvalue weighted by atomic mass is 32.2. The van der Waals surface area contributed by atoms with Gasteiger partial charge < -0.3 is 5.32 Å². The van der Waals surface area contributed by atoms with Gasteiger partial charge in [0, 0.05) is 17.3 Å². The molecular formula is C23H24FN3OS. The Morgan fingerprint density at radius 2 is 1.90 bits per heavy atom. The number of benzene rings is 2. The zero-order valence-corrected chi connectivity index (χ0v) is 17.4. The highest BCUT2D eigenvalue weighted by Gasteiger charge is 2.11. The molecule has 0 saturated heterocycles. The van der Waals surface area contributed by atoms with Crippen LogP contribution in [-0.4, -0.2) is 27.7 Å². The van der Waals surface area contributed by atoms with Gasteiger partial charge in [-0.3, -0.25) is 4.79 Å². The maximum absolute atomic E-state index is 13.5. The van der Waals surface area contributed by atoms with Crippen molar-refractivity contribution in [1.29, 1.82) is 0 Å². The molecule has 0 aliphatic heterocycles. The molecule has 6 heteroatoms. The third-order valence-corrected chi connectivity index (χ3v) is 5.29. The fourth-order valence-electron chi connectivity index (χ4n) is 2.93. The number of carbonyl (C=O) groups excluding carboxylic acids is 1. The maximum atomic E-state index is 13.5. The van der Waals surface area contributed by atoms with Gasteiger partial charge in [0.2, 0.25) is 5.91 Å². The lowest BCUT2D eigenvalue weighted by Crippen LogP contribution is -2.34. The first-order chi connectivity index (χ1) is 14.0. The molecule has 1 atom stereocenters. The molecule has 0 bridgehead atoms. The van der Waals surface area contributed by atoms with Crippen molar-refractivity contribution in [3.63, 3.8) is 0 Å². The molecule has 1 heterocycles. The van der Waals surface area contributed by atoms with Gasteiger partial charge in [0.25, 0.3) is 0 Å². The molecule has 29 heavy (non-hydrogen) atoms. The summed E-state index contributed by atoms with van der Waals surface area (Å²) in [7, 11) is 0. The van der Waals surface area contributed by atoms with Crippen molar-refractivity contribution >= 4 is 17.7 Å². The summed E-state index contributed by atoms with van der Waals surface area (Å²) in [5.74, 6) is 0.378. The molecule has 4 nitrogen and oxygen atoms in total. The van der Waals surface area contributed by atoms with Crippen molar-refractivity contribution in [3.8, 4) is 11.4 Å². The van der Waals surface area contributed by atoms with Gasteiger partial charge in [0.05, 0.1) is 5.75 Å². The van der Waals surface area contributed by atoms with E-state index in [0.29, 0.717) is 16.4 Å². The number of carbonyl (C=O) groups is 1.